The molecule has 0 saturated heterocycles. The highest BCUT2D eigenvalue weighted by atomic mass is 16.1. The quantitative estimate of drug-likeness (QED) is 0.857. The van der Waals surface area contributed by atoms with Crippen molar-refractivity contribution in [2.45, 2.75) is 25.7 Å². The molecule has 0 aromatic carbocycles. The summed E-state index contributed by atoms with van der Waals surface area (Å²) in [7, 11) is 0. The molecule has 1 N–H and O–H groups in total. The molecule has 1 amide bonds. The van der Waals surface area contributed by atoms with Gasteiger partial charge in [0, 0.05) is 18.9 Å². The summed E-state index contributed by atoms with van der Waals surface area (Å²) in [4.78, 5) is 15.7. The Hall–Kier alpha value is -1.89. The third-order valence-corrected chi connectivity index (χ3v) is 3.25. The first-order chi connectivity index (χ1) is 8.31. The number of nitriles is 1. The molecule has 1 aromatic heterocycles. The molecule has 1 aliphatic rings. The van der Waals surface area contributed by atoms with Crippen molar-refractivity contribution in [1.82, 2.24) is 10.3 Å². The van der Waals surface area contributed by atoms with Crippen LogP contribution in [0.2, 0.25) is 0 Å². The fraction of sp³-hybridized carbons (Fsp3) is 0.462. The molecule has 1 heterocycles. The van der Waals surface area contributed by atoms with Gasteiger partial charge in [-0.2, -0.15) is 5.26 Å². The van der Waals surface area contributed by atoms with Crippen LogP contribution in [-0.2, 0) is 0 Å². The van der Waals surface area contributed by atoms with E-state index < -0.39 is 0 Å². The van der Waals surface area contributed by atoms with Gasteiger partial charge in [-0.05, 0) is 18.4 Å². The van der Waals surface area contributed by atoms with Gasteiger partial charge in [0.15, 0.2) is 0 Å². The summed E-state index contributed by atoms with van der Waals surface area (Å²) in [5, 5.41) is 11.7. The molecule has 2 rings (SSSR count). The van der Waals surface area contributed by atoms with Crippen molar-refractivity contribution in [3.63, 3.8) is 0 Å². The summed E-state index contributed by atoms with van der Waals surface area (Å²) in [6, 6.07) is 3.55. The van der Waals surface area contributed by atoms with Gasteiger partial charge in [-0.25, -0.2) is 0 Å². The Morgan fingerprint density at radius 1 is 1.59 bits per heavy atom. The lowest BCUT2D eigenvalue weighted by atomic mass is 9.83. The summed E-state index contributed by atoms with van der Waals surface area (Å²) in [6.45, 7) is 0.684. The first-order valence-corrected chi connectivity index (χ1v) is 5.93. The predicted octanol–water partition coefficient (Wildman–Crippen LogP) is 1.87. The zero-order chi connectivity index (χ0) is 12.1. The molecule has 0 aliphatic heterocycles. The zero-order valence-corrected chi connectivity index (χ0v) is 9.65. The van der Waals surface area contributed by atoms with Crippen molar-refractivity contribution in [2.24, 2.45) is 5.92 Å². The fourth-order valence-electron chi connectivity index (χ4n) is 1.94. The Balaban J connectivity index is 1.88. The number of rotatable bonds is 4. The van der Waals surface area contributed by atoms with Crippen LogP contribution in [0.25, 0.3) is 0 Å². The number of amides is 1. The van der Waals surface area contributed by atoms with E-state index >= 15 is 0 Å². The van der Waals surface area contributed by atoms with Gasteiger partial charge in [0.05, 0.1) is 11.1 Å². The van der Waals surface area contributed by atoms with Gasteiger partial charge in [-0.15, -0.1) is 0 Å². The monoisotopic (exact) mass is 229 g/mol. The highest BCUT2D eigenvalue weighted by Crippen LogP contribution is 2.28. The molecule has 1 fully saturated rings. The van der Waals surface area contributed by atoms with E-state index in [-0.39, 0.29) is 5.91 Å². The van der Waals surface area contributed by atoms with E-state index in [9.17, 15) is 4.79 Å². The number of pyridine rings is 1. The first kappa shape index (κ1) is 11.6. The van der Waals surface area contributed by atoms with Crippen LogP contribution in [-0.4, -0.2) is 17.4 Å². The van der Waals surface area contributed by atoms with Crippen LogP contribution < -0.4 is 5.32 Å². The molecule has 88 valence electrons. The Morgan fingerprint density at radius 3 is 3.06 bits per heavy atom. The van der Waals surface area contributed by atoms with Crippen LogP contribution in [0.4, 0.5) is 0 Å². The number of carbonyl (C=O) groups is 1. The lowest BCUT2D eigenvalue weighted by Crippen LogP contribution is -2.28. The highest BCUT2D eigenvalue weighted by molar-refractivity contribution is 5.96. The number of aromatic nitrogens is 1. The van der Waals surface area contributed by atoms with Crippen molar-refractivity contribution in [2.75, 3.05) is 6.54 Å². The standard InChI is InChI=1S/C13H15N3O/c14-8-11-5-6-15-9-12(11)13(17)16-7-4-10-2-1-3-10/h5-6,9-10H,1-4,7H2,(H,16,17). The van der Waals surface area contributed by atoms with Gasteiger partial charge < -0.3 is 5.32 Å². The normalized spacial score (nSPS) is 14.8. The van der Waals surface area contributed by atoms with Gasteiger partial charge in [-0.3, -0.25) is 9.78 Å². The molecular formula is C13H15N3O. The minimum absolute atomic E-state index is 0.200. The van der Waals surface area contributed by atoms with E-state index in [4.69, 9.17) is 5.26 Å². The van der Waals surface area contributed by atoms with Crippen LogP contribution in [0.5, 0.6) is 0 Å². The zero-order valence-electron chi connectivity index (χ0n) is 9.65. The number of carbonyl (C=O) groups excluding carboxylic acids is 1. The maximum Gasteiger partial charge on any atom is 0.254 e. The second-order valence-corrected chi connectivity index (χ2v) is 4.37. The third-order valence-electron chi connectivity index (χ3n) is 3.25. The summed E-state index contributed by atoms with van der Waals surface area (Å²) in [5.41, 5.74) is 0.741. The Morgan fingerprint density at radius 2 is 2.41 bits per heavy atom. The molecule has 1 aliphatic carbocycles. The van der Waals surface area contributed by atoms with Crippen molar-refractivity contribution in [3.05, 3.63) is 29.6 Å². The van der Waals surface area contributed by atoms with E-state index in [0.717, 1.165) is 12.3 Å². The lowest BCUT2D eigenvalue weighted by Gasteiger charge is -2.25. The Labute approximate surface area is 101 Å². The smallest absolute Gasteiger partial charge is 0.254 e. The van der Waals surface area contributed by atoms with Crippen LogP contribution in [0.3, 0.4) is 0 Å². The first-order valence-electron chi connectivity index (χ1n) is 5.93. The molecule has 1 saturated carbocycles. The van der Waals surface area contributed by atoms with Crippen molar-refractivity contribution in [3.8, 4) is 6.07 Å². The van der Waals surface area contributed by atoms with Crippen LogP contribution >= 0.6 is 0 Å². The van der Waals surface area contributed by atoms with E-state index in [0.29, 0.717) is 17.7 Å². The number of nitrogens with one attached hydrogen (secondary N) is 1. The molecule has 0 radical (unpaired) electrons. The van der Waals surface area contributed by atoms with Crippen molar-refractivity contribution < 1.29 is 4.79 Å². The summed E-state index contributed by atoms with van der Waals surface area (Å²) >= 11 is 0. The van der Waals surface area contributed by atoms with Gasteiger partial charge in [0.2, 0.25) is 0 Å². The number of nitrogens with zero attached hydrogens (tertiary/aromatic N) is 2. The fourth-order valence-corrected chi connectivity index (χ4v) is 1.94. The Bertz CT molecular complexity index is 446. The van der Waals surface area contributed by atoms with Crippen molar-refractivity contribution in [1.29, 1.82) is 5.26 Å². The average molecular weight is 229 g/mol. The second kappa shape index (κ2) is 5.44. The summed E-state index contributed by atoms with van der Waals surface area (Å²) in [6.07, 6.45) is 7.88. The maximum atomic E-state index is 11.8. The second-order valence-electron chi connectivity index (χ2n) is 4.37. The topological polar surface area (TPSA) is 65.8 Å². The molecule has 0 bridgehead atoms. The molecular weight excluding hydrogens is 214 g/mol. The molecule has 0 spiro atoms. The Kier molecular flexibility index (Phi) is 3.71. The van der Waals surface area contributed by atoms with E-state index in [1.165, 1.54) is 31.7 Å². The van der Waals surface area contributed by atoms with E-state index in [2.05, 4.69) is 10.3 Å². The van der Waals surface area contributed by atoms with Gasteiger partial charge in [-0.1, -0.05) is 19.3 Å². The number of hydrogen-bond donors (Lipinski definition) is 1. The summed E-state index contributed by atoms with van der Waals surface area (Å²) in [5.74, 6) is 0.577. The molecule has 17 heavy (non-hydrogen) atoms. The van der Waals surface area contributed by atoms with Crippen LogP contribution in [0.1, 0.15) is 41.6 Å². The third kappa shape index (κ3) is 2.82. The van der Waals surface area contributed by atoms with Crippen molar-refractivity contribution >= 4 is 5.91 Å². The maximum absolute atomic E-state index is 11.8. The SMILES string of the molecule is N#Cc1ccncc1C(=O)NCCC1CCC1. The van der Waals surface area contributed by atoms with E-state index in [1.54, 1.807) is 6.07 Å². The van der Waals surface area contributed by atoms with Gasteiger partial charge in [0.1, 0.15) is 6.07 Å². The molecule has 0 atom stereocenters. The number of hydrogen-bond acceptors (Lipinski definition) is 3. The average Bonchev–Trinajstić information content (AvgIpc) is 2.32. The largest absolute Gasteiger partial charge is 0.352 e. The van der Waals surface area contributed by atoms with Crippen LogP contribution in [0, 0.1) is 17.2 Å². The minimum Gasteiger partial charge on any atom is -0.352 e. The molecule has 4 heteroatoms. The summed E-state index contributed by atoms with van der Waals surface area (Å²) < 4.78 is 0. The highest BCUT2D eigenvalue weighted by Gasteiger charge is 2.17. The minimum atomic E-state index is -0.200. The molecule has 0 unspecified atom stereocenters. The predicted molar refractivity (Wildman–Crippen MR) is 63.2 cm³/mol. The lowest BCUT2D eigenvalue weighted by molar-refractivity contribution is 0.0948. The molecule has 1 aromatic rings. The van der Waals surface area contributed by atoms with E-state index in [1.807, 2.05) is 6.07 Å². The molecule has 4 nitrogen and oxygen atoms in total. The van der Waals surface area contributed by atoms with Gasteiger partial charge in [0.25, 0.3) is 5.91 Å². The van der Waals surface area contributed by atoms with Crippen LogP contribution in [0.15, 0.2) is 18.5 Å². The van der Waals surface area contributed by atoms with Gasteiger partial charge >= 0.3 is 0 Å².